The molecule has 0 spiro atoms. The Morgan fingerprint density at radius 2 is 1.95 bits per heavy atom. The van der Waals surface area contributed by atoms with Crippen LogP contribution in [0.2, 0.25) is 0 Å². The van der Waals surface area contributed by atoms with E-state index in [9.17, 15) is 8.42 Å². The Labute approximate surface area is 127 Å². The first-order valence-electron chi connectivity index (χ1n) is 7.10. The van der Waals surface area contributed by atoms with Crippen LogP contribution in [0.25, 0.3) is 0 Å². The fourth-order valence-electron chi connectivity index (χ4n) is 2.09. The van der Waals surface area contributed by atoms with Gasteiger partial charge < -0.3 is 5.32 Å². The van der Waals surface area contributed by atoms with Crippen LogP contribution in [0.15, 0.2) is 34.2 Å². The maximum Gasteiger partial charge on any atom is 0.267 e. The van der Waals surface area contributed by atoms with Gasteiger partial charge in [-0.2, -0.15) is 0 Å². The summed E-state index contributed by atoms with van der Waals surface area (Å²) in [5.74, 6) is 0.190. The Hall–Kier alpha value is -1.40. The molecule has 0 saturated carbocycles. The average Bonchev–Trinajstić information content (AvgIpc) is 2.39. The number of aliphatic imine (C=N–C) groups is 1. The molecule has 5 nitrogen and oxygen atoms in total. The van der Waals surface area contributed by atoms with Crippen molar-refractivity contribution in [2.45, 2.75) is 38.1 Å². The lowest BCUT2D eigenvalue weighted by Crippen LogP contribution is -2.42. The molecule has 116 valence electrons. The van der Waals surface area contributed by atoms with Gasteiger partial charge in [0.05, 0.1) is 5.69 Å². The maximum absolute atomic E-state index is 12.6. The van der Waals surface area contributed by atoms with E-state index in [4.69, 9.17) is 0 Å². The molecule has 6 heteroatoms. The second-order valence-electron chi connectivity index (χ2n) is 6.52. The molecule has 1 aliphatic rings. The molecule has 1 N–H and O–H groups in total. The third-order valence-electron chi connectivity index (χ3n) is 3.25. The normalized spacial score (nSPS) is 18.4. The number of benzene rings is 1. The Morgan fingerprint density at radius 3 is 2.62 bits per heavy atom. The molecule has 0 aromatic heterocycles. The third-order valence-corrected chi connectivity index (χ3v) is 5.01. The number of hydrogen-bond acceptors (Lipinski definition) is 4. The number of para-hydroxylation sites is 1. The molecule has 1 aromatic carbocycles. The predicted molar refractivity (Wildman–Crippen MR) is 85.4 cm³/mol. The fraction of sp³-hybridized carbons (Fsp3) is 0.533. The predicted octanol–water partition coefficient (Wildman–Crippen LogP) is 2.37. The van der Waals surface area contributed by atoms with E-state index in [1.54, 1.807) is 24.3 Å². The number of nitrogens with zero attached hydrogens (tertiary/aromatic N) is 2. The van der Waals surface area contributed by atoms with Crippen LogP contribution in [0, 0.1) is 5.92 Å². The largest absolute Gasteiger partial charge is 0.312 e. The summed E-state index contributed by atoms with van der Waals surface area (Å²) in [6.07, 6.45) is 1.42. The van der Waals surface area contributed by atoms with Gasteiger partial charge in [0.25, 0.3) is 10.0 Å². The van der Waals surface area contributed by atoms with Gasteiger partial charge >= 0.3 is 0 Å². The van der Waals surface area contributed by atoms with Crippen LogP contribution >= 0.6 is 0 Å². The molecule has 1 aromatic rings. The van der Waals surface area contributed by atoms with Gasteiger partial charge in [-0.1, -0.05) is 19.1 Å². The maximum atomic E-state index is 12.6. The minimum atomic E-state index is -3.48. The molecule has 0 radical (unpaired) electrons. The lowest BCUT2D eigenvalue weighted by atomic mass is 10.1. The van der Waals surface area contributed by atoms with Crippen LogP contribution in [0.5, 0.6) is 0 Å². The monoisotopic (exact) mass is 309 g/mol. The van der Waals surface area contributed by atoms with E-state index in [2.05, 4.69) is 31.1 Å². The highest BCUT2D eigenvalue weighted by molar-refractivity contribution is 7.89. The Morgan fingerprint density at radius 1 is 1.29 bits per heavy atom. The van der Waals surface area contributed by atoms with Gasteiger partial charge in [0, 0.05) is 12.1 Å². The lowest BCUT2D eigenvalue weighted by molar-refractivity contribution is 0.360. The van der Waals surface area contributed by atoms with Crippen molar-refractivity contribution >= 4 is 22.0 Å². The van der Waals surface area contributed by atoms with Crippen molar-refractivity contribution in [2.24, 2.45) is 10.9 Å². The molecule has 1 heterocycles. The van der Waals surface area contributed by atoms with E-state index < -0.39 is 10.0 Å². The molecule has 2 rings (SSSR count). The fourth-order valence-corrected chi connectivity index (χ4v) is 3.60. The minimum absolute atomic E-state index is 0.0235. The number of fused-ring (bicyclic) bond motifs is 1. The average molecular weight is 309 g/mol. The van der Waals surface area contributed by atoms with Crippen LogP contribution in [-0.4, -0.2) is 37.7 Å². The molecule has 1 atom stereocenters. The zero-order valence-electron chi connectivity index (χ0n) is 13.0. The number of hydrogen-bond donors (Lipinski definition) is 1. The molecule has 0 aliphatic carbocycles. The summed E-state index contributed by atoms with van der Waals surface area (Å²) in [5, 5.41) is 3.39. The first kappa shape index (κ1) is 16.0. The van der Waals surface area contributed by atoms with E-state index in [1.165, 1.54) is 10.6 Å². The topological polar surface area (TPSA) is 61.8 Å². The van der Waals surface area contributed by atoms with Crippen molar-refractivity contribution < 1.29 is 8.42 Å². The summed E-state index contributed by atoms with van der Waals surface area (Å²) in [6.45, 7) is 9.48. The molecule has 0 bridgehead atoms. The summed E-state index contributed by atoms with van der Waals surface area (Å²) >= 11 is 0. The van der Waals surface area contributed by atoms with Crippen molar-refractivity contribution in [1.82, 2.24) is 9.62 Å². The van der Waals surface area contributed by atoms with Crippen LogP contribution in [-0.2, 0) is 10.0 Å². The summed E-state index contributed by atoms with van der Waals surface area (Å²) in [4.78, 5) is 4.51. The quantitative estimate of drug-likeness (QED) is 0.929. The molecule has 1 unspecified atom stereocenters. The number of sulfonamides is 1. The van der Waals surface area contributed by atoms with E-state index in [1.807, 2.05) is 6.92 Å². The summed E-state index contributed by atoms with van der Waals surface area (Å²) in [7, 11) is -3.48. The smallest absolute Gasteiger partial charge is 0.267 e. The SMILES string of the molecule is CC(CNC(C)(C)C)CN1C=Nc2ccccc2S1(=O)=O. The van der Waals surface area contributed by atoms with Crippen LogP contribution in [0.1, 0.15) is 27.7 Å². The van der Waals surface area contributed by atoms with Gasteiger partial charge in [0.15, 0.2) is 0 Å². The van der Waals surface area contributed by atoms with Crippen molar-refractivity contribution in [3.63, 3.8) is 0 Å². The van der Waals surface area contributed by atoms with Crippen molar-refractivity contribution in [2.75, 3.05) is 13.1 Å². The Kier molecular flexibility index (Phi) is 4.39. The minimum Gasteiger partial charge on any atom is -0.312 e. The molecular formula is C15H23N3O2S. The molecular weight excluding hydrogens is 286 g/mol. The highest BCUT2D eigenvalue weighted by atomic mass is 32.2. The number of nitrogens with one attached hydrogen (secondary N) is 1. The van der Waals surface area contributed by atoms with E-state index in [-0.39, 0.29) is 16.4 Å². The van der Waals surface area contributed by atoms with Crippen molar-refractivity contribution in [3.05, 3.63) is 24.3 Å². The number of rotatable bonds is 4. The van der Waals surface area contributed by atoms with E-state index in [0.717, 1.165) is 6.54 Å². The highest BCUT2D eigenvalue weighted by Crippen LogP contribution is 2.30. The Balaban J connectivity index is 2.09. The lowest BCUT2D eigenvalue weighted by Gasteiger charge is -2.28. The van der Waals surface area contributed by atoms with Crippen LogP contribution in [0.3, 0.4) is 0 Å². The van der Waals surface area contributed by atoms with Gasteiger partial charge in [-0.15, -0.1) is 0 Å². The zero-order chi connectivity index (χ0) is 15.7. The molecule has 0 amide bonds. The standard InChI is InChI=1S/C15H23N3O2S/c1-12(9-17-15(2,3)4)10-18-11-16-13-7-5-6-8-14(13)21(18,19)20/h5-8,11-12,17H,9-10H2,1-4H3. The first-order valence-corrected chi connectivity index (χ1v) is 8.54. The summed E-state index contributed by atoms with van der Waals surface area (Å²) in [6, 6.07) is 6.83. The molecule has 21 heavy (non-hydrogen) atoms. The van der Waals surface area contributed by atoms with Gasteiger partial charge in [0.1, 0.15) is 11.2 Å². The summed E-state index contributed by atoms with van der Waals surface area (Å²) < 4.78 is 26.4. The zero-order valence-corrected chi connectivity index (χ0v) is 13.8. The highest BCUT2D eigenvalue weighted by Gasteiger charge is 2.29. The Bertz CT molecular complexity index is 633. The van der Waals surface area contributed by atoms with Gasteiger partial charge in [0.2, 0.25) is 0 Å². The second kappa shape index (κ2) is 5.77. The van der Waals surface area contributed by atoms with Crippen molar-refractivity contribution in [1.29, 1.82) is 0 Å². The molecule has 1 aliphatic heterocycles. The van der Waals surface area contributed by atoms with Crippen molar-refractivity contribution in [3.8, 4) is 0 Å². The van der Waals surface area contributed by atoms with Crippen LogP contribution < -0.4 is 5.32 Å². The second-order valence-corrected chi connectivity index (χ2v) is 8.38. The first-order chi connectivity index (χ1) is 9.70. The van der Waals surface area contributed by atoms with Crippen LogP contribution in [0.4, 0.5) is 5.69 Å². The summed E-state index contributed by atoms with van der Waals surface area (Å²) in [5.41, 5.74) is 0.532. The van der Waals surface area contributed by atoms with E-state index >= 15 is 0 Å². The third kappa shape index (κ3) is 3.83. The molecule has 0 fully saturated rings. The molecule has 0 saturated heterocycles. The van der Waals surface area contributed by atoms with Gasteiger partial charge in [-0.05, 0) is 45.4 Å². The van der Waals surface area contributed by atoms with E-state index in [0.29, 0.717) is 12.2 Å². The van der Waals surface area contributed by atoms with Gasteiger partial charge in [-0.25, -0.2) is 13.4 Å². The van der Waals surface area contributed by atoms with Gasteiger partial charge in [-0.3, -0.25) is 4.31 Å².